The first-order valence-electron chi connectivity index (χ1n) is 6.44. The normalized spacial score (nSPS) is 15.2. The van der Waals surface area contributed by atoms with Gasteiger partial charge >= 0.3 is 0 Å². The van der Waals surface area contributed by atoms with Crippen LogP contribution >= 0.6 is 0 Å². The summed E-state index contributed by atoms with van der Waals surface area (Å²) in [5, 5.41) is 4.09. The van der Waals surface area contributed by atoms with Crippen LogP contribution in [-0.2, 0) is 11.2 Å². The molecule has 3 N–H and O–H groups in total. The third kappa shape index (κ3) is 3.40. The lowest BCUT2D eigenvalue weighted by atomic mass is 10.0. The van der Waals surface area contributed by atoms with Crippen LogP contribution in [0.5, 0.6) is 0 Å². The number of carbonyl (C=O) groups excluding carboxylic acids is 1. The smallest absolute Gasteiger partial charge is 0.240 e. The van der Waals surface area contributed by atoms with Gasteiger partial charge in [0.15, 0.2) is 0 Å². The maximum Gasteiger partial charge on any atom is 0.240 e. The zero-order valence-corrected chi connectivity index (χ0v) is 10.5. The molecule has 0 aliphatic carbocycles. The highest BCUT2D eigenvalue weighted by atomic mass is 16.2. The van der Waals surface area contributed by atoms with E-state index in [1.165, 1.54) is 5.56 Å². The number of nitrogens with one attached hydrogen (secondary N) is 1. The van der Waals surface area contributed by atoms with Gasteiger partial charge in [-0.15, -0.1) is 0 Å². The molecule has 0 atom stereocenters. The number of unbranched alkanes of at least 4 members (excludes halogenated alkanes) is 1. The van der Waals surface area contributed by atoms with E-state index in [9.17, 15) is 4.79 Å². The summed E-state index contributed by atoms with van der Waals surface area (Å²) in [7, 11) is 0. The Morgan fingerprint density at radius 3 is 2.56 bits per heavy atom. The van der Waals surface area contributed by atoms with E-state index in [1.54, 1.807) is 0 Å². The Morgan fingerprint density at radius 2 is 1.94 bits per heavy atom. The number of hydrazone groups is 1. The van der Waals surface area contributed by atoms with Gasteiger partial charge in [-0.25, -0.2) is 5.43 Å². The molecule has 0 fully saturated rings. The number of hydrogen-bond donors (Lipinski definition) is 2. The zero-order chi connectivity index (χ0) is 12.8. The van der Waals surface area contributed by atoms with E-state index >= 15 is 0 Å². The van der Waals surface area contributed by atoms with Crippen molar-refractivity contribution >= 4 is 11.6 Å². The summed E-state index contributed by atoms with van der Waals surface area (Å²) >= 11 is 0. The van der Waals surface area contributed by atoms with Crippen LogP contribution in [0, 0.1) is 0 Å². The van der Waals surface area contributed by atoms with E-state index in [1.807, 2.05) is 0 Å². The van der Waals surface area contributed by atoms with Crippen LogP contribution in [0.4, 0.5) is 0 Å². The fraction of sp³-hybridized carbons (Fsp3) is 0.429. The highest BCUT2D eigenvalue weighted by Crippen LogP contribution is 2.12. The topological polar surface area (TPSA) is 67.5 Å². The van der Waals surface area contributed by atoms with Crippen LogP contribution < -0.4 is 11.2 Å². The minimum atomic E-state index is -0.00263. The second kappa shape index (κ2) is 6.31. The SMILES string of the molecule is NCCCCc1ccc(C2=NNC(=O)CC2)cc1. The highest BCUT2D eigenvalue weighted by molar-refractivity contribution is 6.04. The molecule has 0 saturated heterocycles. The fourth-order valence-corrected chi connectivity index (χ4v) is 2.02. The molecule has 1 aliphatic rings. The third-order valence-electron chi connectivity index (χ3n) is 3.11. The van der Waals surface area contributed by atoms with E-state index in [-0.39, 0.29) is 5.91 Å². The van der Waals surface area contributed by atoms with Gasteiger partial charge in [0.05, 0.1) is 5.71 Å². The fourth-order valence-electron chi connectivity index (χ4n) is 2.02. The van der Waals surface area contributed by atoms with Crippen molar-refractivity contribution in [3.05, 3.63) is 35.4 Å². The van der Waals surface area contributed by atoms with Crippen molar-refractivity contribution in [3.63, 3.8) is 0 Å². The van der Waals surface area contributed by atoms with E-state index in [0.717, 1.165) is 43.5 Å². The van der Waals surface area contributed by atoms with E-state index in [4.69, 9.17) is 5.73 Å². The lowest BCUT2D eigenvalue weighted by Crippen LogP contribution is -2.25. The second-order valence-electron chi connectivity index (χ2n) is 4.54. The Bertz CT molecular complexity index is 437. The number of nitrogens with two attached hydrogens (primary N) is 1. The van der Waals surface area contributed by atoms with Crippen molar-refractivity contribution in [1.82, 2.24) is 5.43 Å². The predicted octanol–water partition coefficient (Wildman–Crippen LogP) is 1.58. The molecule has 1 aliphatic heterocycles. The van der Waals surface area contributed by atoms with Crippen molar-refractivity contribution in [2.45, 2.75) is 32.1 Å². The summed E-state index contributed by atoms with van der Waals surface area (Å²) in [6.07, 6.45) is 4.52. The van der Waals surface area contributed by atoms with Gasteiger partial charge in [-0.05, 0) is 36.9 Å². The molecule has 1 amide bonds. The summed E-state index contributed by atoms with van der Waals surface area (Å²) in [5.74, 6) is -0.00263. The predicted molar refractivity (Wildman–Crippen MR) is 72.3 cm³/mol. The highest BCUT2D eigenvalue weighted by Gasteiger charge is 2.12. The molecule has 0 unspecified atom stereocenters. The van der Waals surface area contributed by atoms with Gasteiger partial charge in [-0.1, -0.05) is 24.3 Å². The Balaban J connectivity index is 1.97. The lowest BCUT2D eigenvalue weighted by Gasteiger charge is -2.12. The average molecular weight is 245 g/mol. The van der Waals surface area contributed by atoms with Crippen molar-refractivity contribution in [2.75, 3.05) is 6.54 Å². The Kier molecular flexibility index (Phi) is 4.47. The monoisotopic (exact) mass is 245 g/mol. The quantitative estimate of drug-likeness (QED) is 0.773. The summed E-state index contributed by atoms with van der Waals surface area (Å²) in [6.45, 7) is 0.759. The van der Waals surface area contributed by atoms with E-state index < -0.39 is 0 Å². The second-order valence-corrected chi connectivity index (χ2v) is 4.54. The first kappa shape index (κ1) is 12.8. The van der Waals surface area contributed by atoms with Gasteiger partial charge in [0.1, 0.15) is 0 Å². The average Bonchev–Trinajstić information content (AvgIpc) is 2.41. The summed E-state index contributed by atoms with van der Waals surface area (Å²) in [5.41, 5.74) is 11.4. The molecule has 4 heteroatoms. The molecule has 96 valence electrons. The molecule has 1 aromatic rings. The Hall–Kier alpha value is -1.68. The van der Waals surface area contributed by atoms with Gasteiger partial charge in [0, 0.05) is 12.8 Å². The number of amides is 1. The molecule has 4 nitrogen and oxygen atoms in total. The van der Waals surface area contributed by atoms with Crippen LogP contribution in [0.1, 0.15) is 36.8 Å². The van der Waals surface area contributed by atoms with Crippen LogP contribution in [0.15, 0.2) is 29.4 Å². The molecular weight excluding hydrogens is 226 g/mol. The van der Waals surface area contributed by atoms with Crippen molar-refractivity contribution in [3.8, 4) is 0 Å². The molecule has 0 radical (unpaired) electrons. The molecule has 0 bridgehead atoms. The van der Waals surface area contributed by atoms with Crippen molar-refractivity contribution < 1.29 is 4.79 Å². The number of carbonyl (C=O) groups is 1. The number of rotatable bonds is 5. The minimum absolute atomic E-state index is 0.00263. The van der Waals surface area contributed by atoms with Gasteiger partial charge in [0.2, 0.25) is 5.91 Å². The van der Waals surface area contributed by atoms with Crippen LogP contribution in [0.25, 0.3) is 0 Å². The summed E-state index contributed by atoms with van der Waals surface area (Å²) in [6, 6.07) is 8.41. The third-order valence-corrected chi connectivity index (χ3v) is 3.11. The van der Waals surface area contributed by atoms with Gasteiger partial charge in [-0.3, -0.25) is 4.79 Å². The largest absolute Gasteiger partial charge is 0.330 e. The van der Waals surface area contributed by atoms with Crippen molar-refractivity contribution in [1.29, 1.82) is 0 Å². The Morgan fingerprint density at radius 1 is 1.17 bits per heavy atom. The number of aryl methyl sites for hydroxylation is 1. The lowest BCUT2D eigenvalue weighted by molar-refractivity contribution is -0.121. The van der Waals surface area contributed by atoms with E-state index in [0.29, 0.717) is 6.42 Å². The number of hydrogen-bond acceptors (Lipinski definition) is 3. The molecule has 2 rings (SSSR count). The molecule has 1 aromatic carbocycles. The first-order chi connectivity index (χ1) is 8.79. The van der Waals surface area contributed by atoms with Crippen LogP contribution in [0.3, 0.4) is 0 Å². The minimum Gasteiger partial charge on any atom is -0.330 e. The molecule has 0 spiro atoms. The Labute approximate surface area is 107 Å². The van der Waals surface area contributed by atoms with E-state index in [2.05, 4.69) is 34.8 Å². The molecule has 0 aromatic heterocycles. The summed E-state index contributed by atoms with van der Waals surface area (Å²) < 4.78 is 0. The maximum atomic E-state index is 11.0. The van der Waals surface area contributed by atoms with Gasteiger partial charge < -0.3 is 5.73 Å². The molecule has 18 heavy (non-hydrogen) atoms. The number of nitrogens with zero attached hydrogens (tertiary/aromatic N) is 1. The molecule has 0 saturated carbocycles. The van der Waals surface area contributed by atoms with Gasteiger partial charge in [-0.2, -0.15) is 5.10 Å². The number of benzene rings is 1. The van der Waals surface area contributed by atoms with Crippen LogP contribution in [-0.4, -0.2) is 18.2 Å². The summed E-state index contributed by atoms with van der Waals surface area (Å²) in [4.78, 5) is 11.0. The standard InChI is InChI=1S/C14H19N3O/c15-10-2-1-3-11-4-6-12(7-5-11)13-8-9-14(18)17-16-13/h4-7H,1-3,8-10,15H2,(H,17,18). The van der Waals surface area contributed by atoms with Gasteiger partial charge in [0.25, 0.3) is 0 Å². The van der Waals surface area contributed by atoms with Crippen LogP contribution in [0.2, 0.25) is 0 Å². The zero-order valence-electron chi connectivity index (χ0n) is 10.5. The molecular formula is C14H19N3O. The molecule has 1 heterocycles. The first-order valence-corrected chi connectivity index (χ1v) is 6.44. The van der Waals surface area contributed by atoms with Crippen molar-refractivity contribution in [2.24, 2.45) is 10.8 Å². The maximum absolute atomic E-state index is 11.0.